The highest BCUT2D eigenvalue weighted by Gasteiger charge is 2.33. The maximum atomic E-state index is 6.39. The lowest BCUT2D eigenvalue weighted by Gasteiger charge is -2.36. The van der Waals surface area contributed by atoms with Crippen molar-refractivity contribution in [2.75, 3.05) is 9.80 Å². The monoisotopic (exact) mass is 600 g/mol. The van der Waals surface area contributed by atoms with Crippen molar-refractivity contribution in [2.24, 2.45) is 0 Å². The summed E-state index contributed by atoms with van der Waals surface area (Å²) in [6.45, 7) is 3.94. The van der Waals surface area contributed by atoms with Gasteiger partial charge < -0.3 is 19.3 Å². The van der Waals surface area contributed by atoms with Crippen LogP contribution >= 0.6 is 0 Å². The second-order valence-corrected chi connectivity index (χ2v) is 11.4. The summed E-state index contributed by atoms with van der Waals surface area (Å²) in [5, 5.41) is 18.3. The number of fused-ring (bicyclic) bond motifs is 10. The predicted molar refractivity (Wildman–Crippen MR) is 176 cm³/mol. The van der Waals surface area contributed by atoms with Gasteiger partial charge in [-0.25, -0.2) is 0 Å². The first kappa shape index (κ1) is 25.0. The minimum atomic E-state index is 0.626. The first-order valence-corrected chi connectivity index (χ1v) is 15.0. The molecule has 0 aliphatic carbocycles. The number of para-hydroxylation sites is 8. The largest absolute Gasteiger partial charge is 0.453 e. The molecule has 46 heavy (non-hydrogen) atoms. The van der Waals surface area contributed by atoms with E-state index in [4.69, 9.17) is 9.47 Å². The highest BCUT2D eigenvalue weighted by Crippen LogP contribution is 2.55. The lowest BCUT2D eigenvalue weighted by Crippen LogP contribution is -2.20. The van der Waals surface area contributed by atoms with E-state index in [0.717, 1.165) is 79.8 Å². The van der Waals surface area contributed by atoms with E-state index in [1.165, 1.54) is 0 Å². The molecule has 0 unspecified atom stereocenters. The quantitative estimate of drug-likeness (QED) is 0.195. The highest BCUT2D eigenvalue weighted by molar-refractivity contribution is 6.08. The number of hydrogen-bond donors (Lipinski definition) is 0. The van der Waals surface area contributed by atoms with Gasteiger partial charge in [0.1, 0.15) is 11.6 Å². The molecular weight excluding hydrogens is 576 g/mol. The molecule has 0 bridgehead atoms. The van der Waals surface area contributed by atoms with Gasteiger partial charge in [0.15, 0.2) is 23.0 Å². The van der Waals surface area contributed by atoms with Gasteiger partial charge in [-0.1, -0.05) is 48.5 Å². The molecule has 0 radical (unpaired) electrons. The average Bonchev–Trinajstić information content (AvgIpc) is 3.68. The summed E-state index contributed by atoms with van der Waals surface area (Å²) >= 11 is 0. The van der Waals surface area contributed by atoms with E-state index < -0.39 is 0 Å². The van der Waals surface area contributed by atoms with Gasteiger partial charge in [-0.05, 0) is 74.5 Å². The Morgan fingerprint density at radius 2 is 0.717 bits per heavy atom. The summed E-state index contributed by atoms with van der Waals surface area (Å²) in [5.41, 5.74) is 8.63. The lowest BCUT2D eigenvalue weighted by atomic mass is 10.1. The first-order chi connectivity index (χ1) is 22.7. The molecule has 10 rings (SSSR count). The van der Waals surface area contributed by atoms with Crippen LogP contribution in [0.4, 0.5) is 34.1 Å². The molecule has 0 saturated heterocycles. The zero-order chi connectivity index (χ0) is 30.5. The Morgan fingerprint density at radius 3 is 1.07 bits per heavy atom. The van der Waals surface area contributed by atoms with Crippen molar-refractivity contribution in [1.82, 2.24) is 29.2 Å². The van der Waals surface area contributed by atoms with Gasteiger partial charge >= 0.3 is 0 Å². The lowest BCUT2D eigenvalue weighted by molar-refractivity contribution is 0.476. The summed E-state index contributed by atoms with van der Waals surface area (Å²) in [6, 6.07) is 36.7. The number of nitrogens with zero attached hydrogens (tertiary/aromatic N) is 8. The molecular formula is C36H24N8O2. The zero-order valence-electron chi connectivity index (χ0n) is 24.8. The standard InChI is InChI=1S/C36H24N8O2/c1-21-37-39-35-36-40-38-22(2)42(36)34-28(44-25-13-5-9-17-31(25)46-32-18-10-6-14-26(32)44)20-19-27(33(34)41(21)35)43-23-11-3-7-15-29(23)45-30-16-8-4-12-24(30)43/h3-20H,1-2H3. The summed E-state index contributed by atoms with van der Waals surface area (Å²) in [7, 11) is 0. The number of benzene rings is 5. The van der Waals surface area contributed by atoms with E-state index in [9.17, 15) is 0 Å². The first-order valence-electron chi connectivity index (χ1n) is 15.0. The van der Waals surface area contributed by atoms with E-state index in [2.05, 4.69) is 75.4 Å². The van der Waals surface area contributed by atoms with Gasteiger partial charge in [-0.3, -0.25) is 8.80 Å². The number of hydrogen-bond acceptors (Lipinski definition) is 8. The van der Waals surface area contributed by atoms with Crippen LogP contribution in [0.25, 0.3) is 22.3 Å². The van der Waals surface area contributed by atoms with E-state index >= 15 is 0 Å². The molecule has 3 aromatic heterocycles. The van der Waals surface area contributed by atoms with Crippen LogP contribution < -0.4 is 19.3 Å². The van der Waals surface area contributed by atoms with Crippen LogP contribution in [0.3, 0.4) is 0 Å². The predicted octanol–water partition coefficient (Wildman–Crippen LogP) is 8.69. The second kappa shape index (κ2) is 9.05. The third-order valence-electron chi connectivity index (χ3n) is 8.75. The Morgan fingerprint density at radius 1 is 0.391 bits per heavy atom. The van der Waals surface area contributed by atoms with Gasteiger partial charge in [0, 0.05) is 0 Å². The minimum Gasteiger partial charge on any atom is -0.453 e. The summed E-state index contributed by atoms with van der Waals surface area (Å²) in [6.07, 6.45) is 0. The van der Waals surface area contributed by atoms with E-state index in [1.807, 2.05) is 86.6 Å². The maximum Gasteiger partial charge on any atom is 0.207 e. The Kier molecular flexibility index (Phi) is 4.91. The fraction of sp³-hybridized carbons (Fsp3) is 0.0556. The molecule has 5 heterocycles. The number of aromatic nitrogens is 6. The smallest absolute Gasteiger partial charge is 0.207 e. The molecule has 0 fully saturated rings. The molecule has 10 nitrogen and oxygen atoms in total. The van der Waals surface area contributed by atoms with Crippen molar-refractivity contribution in [1.29, 1.82) is 0 Å². The van der Waals surface area contributed by atoms with Crippen molar-refractivity contribution in [3.63, 3.8) is 0 Å². The van der Waals surface area contributed by atoms with E-state index in [-0.39, 0.29) is 0 Å². The van der Waals surface area contributed by atoms with Crippen molar-refractivity contribution >= 4 is 56.5 Å². The third-order valence-corrected chi connectivity index (χ3v) is 8.75. The van der Waals surface area contributed by atoms with Crippen molar-refractivity contribution < 1.29 is 9.47 Å². The summed E-state index contributed by atoms with van der Waals surface area (Å²) in [4.78, 5) is 4.51. The van der Waals surface area contributed by atoms with Gasteiger partial charge in [-0.15, -0.1) is 20.4 Å². The Balaban J connectivity index is 1.40. The summed E-state index contributed by atoms with van der Waals surface area (Å²) < 4.78 is 17.0. The number of ether oxygens (including phenoxy) is 2. The molecule has 5 aromatic carbocycles. The molecule has 0 N–H and O–H groups in total. The second-order valence-electron chi connectivity index (χ2n) is 11.4. The molecule has 0 spiro atoms. The topological polar surface area (TPSA) is 85.3 Å². The molecule has 0 atom stereocenters. The van der Waals surface area contributed by atoms with Crippen LogP contribution in [0.5, 0.6) is 23.0 Å². The van der Waals surface area contributed by atoms with Gasteiger partial charge in [-0.2, -0.15) is 0 Å². The highest BCUT2D eigenvalue weighted by atomic mass is 16.5. The fourth-order valence-electron chi connectivity index (χ4n) is 6.84. The summed E-state index contributed by atoms with van der Waals surface area (Å²) in [5.74, 6) is 4.55. The molecule has 8 aromatic rings. The molecule has 0 amide bonds. The zero-order valence-corrected chi connectivity index (χ0v) is 24.8. The van der Waals surface area contributed by atoms with Gasteiger partial charge in [0.05, 0.1) is 45.2 Å². The molecule has 0 saturated carbocycles. The Labute approximate surface area is 262 Å². The Hall–Kier alpha value is -6.42. The van der Waals surface area contributed by atoms with Crippen LogP contribution in [0, 0.1) is 13.8 Å². The van der Waals surface area contributed by atoms with Crippen molar-refractivity contribution in [3.05, 3.63) is 121 Å². The van der Waals surface area contributed by atoms with Crippen LogP contribution in [-0.4, -0.2) is 29.2 Å². The van der Waals surface area contributed by atoms with E-state index in [1.54, 1.807) is 0 Å². The van der Waals surface area contributed by atoms with Crippen molar-refractivity contribution in [2.45, 2.75) is 13.8 Å². The van der Waals surface area contributed by atoms with Crippen LogP contribution in [-0.2, 0) is 0 Å². The van der Waals surface area contributed by atoms with Crippen molar-refractivity contribution in [3.8, 4) is 23.0 Å². The number of anilines is 6. The minimum absolute atomic E-state index is 0.626. The third kappa shape index (κ3) is 3.24. The van der Waals surface area contributed by atoms with Gasteiger partial charge in [0.25, 0.3) is 0 Å². The van der Waals surface area contributed by atoms with Crippen LogP contribution in [0.15, 0.2) is 109 Å². The average molecular weight is 601 g/mol. The normalized spacial score (nSPS) is 13.3. The molecule has 10 heteroatoms. The number of rotatable bonds is 2. The van der Waals surface area contributed by atoms with Crippen LogP contribution in [0.2, 0.25) is 0 Å². The SMILES string of the molecule is Cc1nnc2c3nnc(C)n3c3c(N4c5ccccc5Oc5ccccc54)ccc(N4c5ccccc5Oc5ccccc54)c3n12. The fourth-order valence-corrected chi connectivity index (χ4v) is 6.84. The van der Waals surface area contributed by atoms with E-state index in [0.29, 0.717) is 11.3 Å². The van der Waals surface area contributed by atoms with Crippen LogP contribution in [0.1, 0.15) is 11.6 Å². The van der Waals surface area contributed by atoms with Gasteiger partial charge in [0.2, 0.25) is 11.3 Å². The molecule has 220 valence electrons. The maximum absolute atomic E-state index is 6.39. The molecule has 2 aliphatic heterocycles. The Bertz CT molecular complexity index is 2290. The number of aryl methyl sites for hydroxylation is 2. The molecule has 2 aliphatic rings.